The minimum Gasteiger partial charge on any atom is -0.497 e. The fourth-order valence-electron chi connectivity index (χ4n) is 1.72. The molecule has 0 aliphatic carbocycles. The maximum Gasteiger partial charge on any atom is 0.118 e. The van der Waals surface area contributed by atoms with Gasteiger partial charge in [0.1, 0.15) is 5.75 Å². The number of nitrogens with two attached hydrogens (primary N) is 1. The highest BCUT2D eigenvalue weighted by atomic mass is 16.5. The average molecular weight is 239 g/mol. The number of methoxy groups -OCH3 is 1. The fourth-order valence-corrected chi connectivity index (χ4v) is 1.72. The molecule has 0 aliphatic rings. The van der Waals surface area contributed by atoms with Gasteiger partial charge in [0.05, 0.1) is 7.11 Å². The third-order valence-corrected chi connectivity index (χ3v) is 2.80. The summed E-state index contributed by atoms with van der Waals surface area (Å²) in [5.41, 5.74) is 8.33. The first-order valence-corrected chi connectivity index (χ1v) is 5.92. The van der Waals surface area contributed by atoms with Crippen molar-refractivity contribution in [3.05, 3.63) is 71.8 Å². The van der Waals surface area contributed by atoms with Gasteiger partial charge in [-0.15, -0.1) is 0 Å². The highest BCUT2D eigenvalue weighted by molar-refractivity contribution is 5.50. The Morgan fingerprint density at radius 1 is 1.00 bits per heavy atom. The molecule has 1 unspecified atom stereocenters. The van der Waals surface area contributed by atoms with Gasteiger partial charge in [-0.2, -0.15) is 0 Å². The smallest absolute Gasteiger partial charge is 0.118 e. The summed E-state index contributed by atoms with van der Waals surface area (Å²) >= 11 is 0. The molecule has 92 valence electrons. The predicted octanol–water partition coefficient (Wildman–Crippen LogP) is 3.41. The molecule has 2 rings (SSSR count). The average Bonchev–Trinajstić information content (AvgIpc) is 2.46. The van der Waals surface area contributed by atoms with Crippen molar-refractivity contribution >= 4 is 6.08 Å². The van der Waals surface area contributed by atoms with Crippen LogP contribution < -0.4 is 10.5 Å². The van der Waals surface area contributed by atoms with E-state index < -0.39 is 0 Å². The first-order valence-electron chi connectivity index (χ1n) is 5.92. The standard InChI is InChI=1S/C16H17NO/c1-18-15-10-8-14(9-11-15)16(17)12-7-13-5-3-2-4-6-13/h2-12,16H,17H2,1H3/b12-7+. The molecule has 0 heterocycles. The maximum absolute atomic E-state index is 6.11. The summed E-state index contributed by atoms with van der Waals surface area (Å²) in [5, 5.41) is 0. The number of benzene rings is 2. The molecule has 2 nitrogen and oxygen atoms in total. The summed E-state index contributed by atoms with van der Waals surface area (Å²) in [5.74, 6) is 0.845. The van der Waals surface area contributed by atoms with Crippen LogP contribution in [0.4, 0.5) is 0 Å². The van der Waals surface area contributed by atoms with E-state index in [1.807, 2.05) is 54.6 Å². The lowest BCUT2D eigenvalue weighted by Crippen LogP contribution is -2.06. The third-order valence-electron chi connectivity index (χ3n) is 2.80. The van der Waals surface area contributed by atoms with Gasteiger partial charge in [0, 0.05) is 6.04 Å². The van der Waals surface area contributed by atoms with E-state index in [4.69, 9.17) is 10.5 Å². The Bertz CT molecular complexity index is 502. The second-order valence-corrected chi connectivity index (χ2v) is 4.07. The molecule has 0 fully saturated rings. The van der Waals surface area contributed by atoms with Crippen LogP contribution in [0.5, 0.6) is 5.75 Å². The monoisotopic (exact) mass is 239 g/mol. The van der Waals surface area contributed by atoms with E-state index in [1.54, 1.807) is 7.11 Å². The van der Waals surface area contributed by atoms with E-state index in [-0.39, 0.29) is 6.04 Å². The van der Waals surface area contributed by atoms with Crippen LogP contribution in [0.15, 0.2) is 60.7 Å². The Morgan fingerprint density at radius 2 is 1.67 bits per heavy atom. The van der Waals surface area contributed by atoms with Crippen LogP contribution in [0.1, 0.15) is 17.2 Å². The van der Waals surface area contributed by atoms with Gasteiger partial charge in [-0.05, 0) is 23.3 Å². The molecule has 0 radical (unpaired) electrons. The molecular weight excluding hydrogens is 222 g/mol. The summed E-state index contributed by atoms with van der Waals surface area (Å²) < 4.78 is 5.12. The van der Waals surface area contributed by atoms with Crippen molar-refractivity contribution in [1.29, 1.82) is 0 Å². The quantitative estimate of drug-likeness (QED) is 0.887. The zero-order valence-electron chi connectivity index (χ0n) is 10.4. The molecule has 0 bridgehead atoms. The number of ether oxygens (including phenoxy) is 1. The van der Waals surface area contributed by atoms with Gasteiger partial charge in [0.2, 0.25) is 0 Å². The zero-order chi connectivity index (χ0) is 12.8. The van der Waals surface area contributed by atoms with Crippen LogP contribution >= 0.6 is 0 Å². The van der Waals surface area contributed by atoms with Gasteiger partial charge in [-0.25, -0.2) is 0 Å². The highest BCUT2D eigenvalue weighted by Gasteiger charge is 2.01. The van der Waals surface area contributed by atoms with Gasteiger partial charge in [0.25, 0.3) is 0 Å². The molecule has 2 aromatic rings. The van der Waals surface area contributed by atoms with Gasteiger partial charge in [-0.3, -0.25) is 0 Å². The van der Waals surface area contributed by atoms with Crippen LogP contribution in [-0.4, -0.2) is 7.11 Å². The summed E-state index contributed by atoms with van der Waals surface area (Å²) in [6.07, 6.45) is 4.03. The number of hydrogen-bond acceptors (Lipinski definition) is 2. The Hall–Kier alpha value is -2.06. The Labute approximate surface area is 108 Å². The molecule has 0 saturated heterocycles. The molecule has 1 atom stereocenters. The van der Waals surface area contributed by atoms with E-state index in [2.05, 4.69) is 12.1 Å². The van der Waals surface area contributed by atoms with E-state index >= 15 is 0 Å². The van der Waals surface area contributed by atoms with Crippen molar-refractivity contribution in [3.63, 3.8) is 0 Å². The predicted molar refractivity (Wildman–Crippen MR) is 75.4 cm³/mol. The number of hydrogen-bond donors (Lipinski definition) is 1. The summed E-state index contributed by atoms with van der Waals surface area (Å²) in [4.78, 5) is 0. The van der Waals surface area contributed by atoms with E-state index in [9.17, 15) is 0 Å². The van der Waals surface area contributed by atoms with Crippen molar-refractivity contribution in [3.8, 4) is 5.75 Å². The van der Waals surface area contributed by atoms with Crippen LogP contribution in [0.2, 0.25) is 0 Å². The fraction of sp³-hybridized carbons (Fsp3) is 0.125. The van der Waals surface area contributed by atoms with Crippen molar-refractivity contribution in [2.45, 2.75) is 6.04 Å². The van der Waals surface area contributed by atoms with Crippen LogP contribution in [0.3, 0.4) is 0 Å². The SMILES string of the molecule is COc1ccc(C(N)/C=C/c2ccccc2)cc1. The van der Waals surface area contributed by atoms with Gasteiger partial charge < -0.3 is 10.5 Å². The molecule has 0 saturated carbocycles. The molecule has 2 heteroatoms. The zero-order valence-corrected chi connectivity index (χ0v) is 10.4. The molecule has 2 aromatic carbocycles. The lowest BCUT2D eigenvalue weighted by molar-refractivity contribution is 0.414. The van der Waals surface area contributed by atoms with Crippen molar-refractivity contribution in [2.24, 2.45) is 5.73 Å². The molecule has 0 amide bonds. The van der Waals surface area contributed by atoms with E-state index in [0.29, 0.717) is 0 Å². The molecular formula is C16H17NO. The molecule has 0 spiro atoms. The highest BCUT2D eigenvalue weighted by Crippen LogP contribution is 2.17. The lowest BCUT2D eigenvalue weighted by Gasteiger charge is -2.08. The van der Waals surface area contributed by atoms with Gasteiger partial charge >= 0.3 is 0 Å². The Morgan fingerprint density at radius 3 is 2.28 bits per heavy atom. The van der Waals surface area contributed by atoms with Crippen molar-refractivity contribution in [1.82, 2.24) is 0 Å². The van der Waals surface area contributed by atoms with Crippen molar-refractivity contribution in [2.75, 3.05) is 7.11 Å². The first-order chi connectivity index (χ1) is 8.79. The van der Waals surface area contributed by atoms with Gasteiger partial charge in [0.15, 0.2) is 0 Å². The summed E-state index contributed by atoms with van der Waals surface area (Å²) in [6, 6.07) is 17.8. The van der Waals surface area contributed by atoms with E-state index in [1.165, 1.54) is 0 Å². The van der Waals surface area contributed by atoms with E-state index in [0.717, 1.165) is 16.9 Å². The third kappa shape index (κ3) is 3.22. The van der Waals surface area contributed by atoms with Crippen LogP contribution in [-0.2, 0) is 0 Å². The van der Waals surface area contributed by atoms with Crippen molar-refractivity contribution < 1.29 is 4.74 Å². The molecule has 18 heavy (non-hydrogen) atoms. The second-order valence-electron chi connectivity index (χ2n) is 4.07. The summed E-state index contributed by atoms with van der Waals surface area (Å²) in [6.45, 7) is 0. The molecule has 0 aliphatic heterocycles. The summed E-state index contributed by atoms with van der Waals surface area (Å²) in [7, 11) is 1.66. The van der Waals surface area contributed by atoms with Crippen LogP contribution in [0, 0.1) is 0 Å². The minimum atomic E-state index is -0.101. The minimum absolute atomic E-state index is 0.101. The maximum atomic E-state index is 6.11. The largest absolute Gasteiger partial charge is 0.497 e. The topological polar surface area (TPSA) is 35.2 Å². The Kier molecular flexibility index (Phi) is 4.15. The lowest BCUT2D eigenvalue weighted by atomic mass is 10.1. The first kappa shape index (κ1) is 12.4. The molecule has 0 aromatic heterocycles. The Balaban J connectivity index is 2.07. The molecule has 2 N–H and O–H groups in total. The normalized spacial score (nSPS) is 12.6. The number of rotatable bonds is 4. The van der Waals surface area contributed by atoms with Gasteiger partial charge in [-0.1, -0.05) is 54.6 Å². The second kappa shape index (κ2) is 6.03. The van der Waals surface area contributed by atoms with Crippen LogP contribution in [0.25, 0.3) is 6.08 Å².